The second-order valence-corrected chi connectivity index (χ2v) is 3.83. The number of ether oxygens (including phenoxy) is 1. The van der Waals surface area contributed by atoms with Gasteiger partial charge in [0.1, 0.15) is 0 Å². The van der Waals surface area contributed by atoms with E-state index in [0.717, 1.165) is 22.6 Å². The summed E-state index contributed by atoms with van der Waals surface area (Å²) in [4.78, 5) is 0. The minimum atomic E-state index is -5.91. The molecule has 0 unspecified atom stereocenters. The molecule has 0 aliphatic carbocycles. The Bertz CT molecular complexity index is 271. The first-order chi connectivity index (χ1) is 6.91. The Hall–Kier alpha value is -0.100. The first-order valence-corrected chi connectivity index (χ1v) is 4.50. The standard InChI is InChI=1S/C6H4F7IO2/c7-4(5(8,9)10,1-3(14)2-15)16-6(11,12)13/h1,15H,2H2/b3-1+/t4-/m0/s1. The molecule has 0 spiro atoms. The molecule has 0 saturated heterocycles. The zero-order valence-corrected chi connectivity index (χ0v) is 9.32. The van der Waals surface area contributed by atoms with Crippen LogP contribution in [0.1, 0.15) is 0 Å². The fourth-order valence-electron chi connectivity index (χ4n) is 0.585. The molecule has 0 amide bonds. The Morgan fingerprint density at radius 1 is 1.12 bits per heavy atom. The van der Waals surface area contributed by atoms with Crippen molar-refractivity contribution in [1.29, 1.82) is 0 Å². The van der Waals surface area contributed by atoms with Crippen molar-refractivity contribution in [1.82, 2.24) is 0 Å². The minimum absolute atomic E-state index is 0.485. The molecule has 96 valence electrons. The summed E-state index contributed by atoms with van der Waals surface area (Å²) in [7, 11) is 0. The molecule has 1 N–H and O–H groups in total. The highest BCUT2D eigenvalue weighted by atomic mass is 127. The molecule has 16 heavy (non-hydrogen) atoms. The molecule has 0 heterocycles. The second kappa shape index (κ2) is 5.04. The molecule has 0 fully saturated rings. The Morgan fingerprint density at radius 2 is 1.56 bits per heavy atom. The molecule has 0 aromatic heterocycles. The predicted octanol–water partition coefficient (Wildman–Crippen LogP) is 3.06. The van der Waals surface area contributed by atoms with Crippen molar-refractivity contribution in [3.63, 3.8) is 0 Å². The summed E-state index contributed by atoms with van der Waals surface area (Å²) in [5.74, 6) is -5.01. The van der Waals surface area contributed by atoms with Gasteiger partial charge in [0.15, 0.2) is 0 Å². The van der Waals surface area contributed by atoms with Crippen LogP contribution in [0.15, 0.2) is 9.66 Å². The van der Waals surface area contributed by atoms with E-state index in [-0.39, 0.29) is 0 Å². The normalized spacial score (nSPS) is 18.4. The number of halogens is 8. The quantitative estimate of drug-likeness (QED) is 0.613. The lowest BCUT2D eigenvalue weighted by Gasteiger charge is -2.25. The average molecular weight is 368 g/mol. The maximum absolute atomic E-state index is 13.0. The van der Waals surface area contributed by atoms with Crippen LogP contribution in [0, 0.1) is 0 Å². The zero-order chi connectivity index (χ0) is 13.2. The highest BCUT2D eigenvalue weighted by molar-refractivity contribution is 14.1. The third kappa shape index (κ3) is 4.82. The van der Waals surface area contributed by atoms with E-state index in [2.05, 4.69) is 4.74 Å². The van der Waals surface area contributed by atoms with Gasteiger partial charge in [0.05, 0.1) is 6.61 Å². The van der Waals surface area contributed by atoms with E-state index in [4.69, 9.17) is 5.11 Å². The van der Waals surface area contributed by atoms with Crippen LogP contribution in [0.25, 0.3) is 0 Å². The summed E-state index contributed by atoms with van der Waals surface area (Å²) in [5, 5.41) is 8.32. The third-order valence-corrected chi connectivity index (χ3v) is 1.80. The maximum Gasteiger partial charge on any atom is 0.525 e. The molecule has 0 radical (unpaired) electrons. The Kier molecular flexibility index (Phi) is 5.01. The number of alkyl halides is 7. The fraction of sp³-hybridized carbons (Fsp3) is 0.667. The highest BCUT2D eigenvalue weighted by Crippen LogP contribution is 2.41. The van der Waals surface area contributed by atoms with Gasteiger partial charge in [0, 0.05) is 9.66 Å². The Labute approximate surface area is 98.2 Å². The van der Waals surface area contributed by atoms with E-state index in [1.54, 1.807) is 0 Å². The van der Waals surface area contributed by atoms with Gasteiger partial charge in [0.25, 0.3) is 0 Å². The zero-order valence-electron chi connectivity index (χ0n) is 7.16. The van der Waals surface area contributed by atoms with Crippen molar-refractivity contribution in [3.8, 4) is 0 Å². The smallest absolute Gasteiger partial charge is 0.391 e. The summed E-state index contributed by atoms with van der Waals surface area (Å²) in [6.07, 6.45) is -12.2. The first kappa shape index (κ1) is 15.9. The lowest BCUT2D eigenvalue weighted by molar-refractivity contribution is -0.432. The van der Waals surface area contributed by atoms with Crippen LogP contribution in [-0.2, 0) is 4.74 Å². The largest absolute Gasteiger partial charge is 0.525 e. The van der Waals surface area contributed by atoms with Gasteiger partial charge < -0.3 is 5.11 Å². The van der Waals surface area contributed by atoms with E-state index in [0.29, 0.717) is 0 Å². The first-order valence-electron chi connectivity index (χ1n) is 3.42. The number of hydrogen-bond donors (Lipinski definition) is 1. The highest BCUT2D eigenvalue weighted by Gasteiger charge is 2.61. The summed E-state index contributed by atoms with van der Waals surface area (Å²) in [6, 6.07) is 0. The van der Waals surface area contributed by atoms with Crippen LogP contribution in [0.5, 0.6) is 0 Å². The predicted molar refractivity (Wildman–Crippen MR) is 46.2 cm³/mol. The van der Waals surface area contributed by atoms with Gasteiger partial charge >= 0.3 is 18.4 Å². The lowest BCUT2D eigenvalue weighted by atomic mass is 10.2. The van der Waals surface area contributed by atoms with Gasteiger partial charge in [-0.2, -0.15) is 17.6 Å². The van der Waals surface area contributed by atoms with Crippen LogP contribution in [0.4, 0.5) is 30.7 Å². The summed E-state index contributed by atoms with van der Waals surface area (Å²) in [6.45, 7) is -1.04. The van der Waals surface area contributed by atoms with Crippen LogP contribution >= 0.6 is 22.6 Å². The van der Waals surface area contributed by atoms with Crippen LogP contribution in [-0.4, -0.2) is 30.1 Å². The van der Waals surface area contributed by atoms with Gasteiger partial charge in [-0.1, -0.05) is 0 Å². The average Bonchev–Trinajstić information content (AvgIpc) is 1.98. The summed E-state index contributed by atoms with van der Waals surface area (Å²) < 4.78 is 85.4. The van der Waals surface area contributed by atoms with E-state index in [1.807, 2.05) is 0 Å². The molecule has 0 aromatic rings. The molecule has 0 aromatic carbocycles. The van der Waals surface area contributed by atoms with Gasteiger partial charge in [-0.15, -0.1) is 13.2 Å². The molecule has 0 bridgehead atoms. The molecule has 10 heteroatoms. The molecular formula is C6H4F7IO2. The van der Waals surface area contributed by atoms with E-state index < -0.39 is 34.7 Å². The molecular weight excluding hydrogens is 364 g/mol. The van der Waals surface area contributed by atoms with Gasteiger partial charge in [-0.3, -0.25) is 0 Å². The molecule has 0 aliphatic rings. The molecule has 0 saturated carbocycles. The van der Waals surface area contributed by atoms with Crippen LogP contribution in [0.3, 0.4) is 0 Å². The lowest BCUT2D eigenvalue weighted by Crippen LogP contribution is -2.45. The minimum Gasteiger partial charge on any atom is -0.391 e. The number of aliphatic hydroxyl groups is 1. The van der Waals surface area contributed by atoms with E-state index >= 15 is 0 Å². The van der Waals surface area contributed by atoms with Crippen molar-refractivity contribution in [2.24, 2.45) is 0 Å². The van der Waals surface area contributed by atoms with E-state index in [9.17, 15) is 30.7 Å². The molecule has 1 atom stereocenters. The number of hydrogen-bond acceptors (Lipinski definition) is 2. The summed E-state index contributed by atoms with van der Waals surface area (Å²) in [5.41, 5.74) is 0. The summed E-state index contributed by atoms with van der Waals surface area (Å²) >= 11 is 1.05. The second-order valence-electron chi connectivity index (χ2n) is 2.44. The van der Waals surface area contributed by atoms with Crippen molar-refractivity contribution in [2.45, 2.75) is 18.4 Å². The fourth-order valence-corrected chi connectivity index (χ4v) is 0.985. The van der Waals surface area contributed by atoms with Crippen molar-refractivity contribution >= 4 is 22.6 Å². The van der Waals surface area contributed by atoms with Gasteiger partial charge in [0.2, 0.25) is 0 Å². The van der Waals surface area contributed by atoms with E-state index in [1.165, 1.54) is 0 Å². The van der Waals surface area contributed by atoms with Gasteiger partial charge in [-0.25, -0.2) is 4.74 Å². The monoisotopic (exact) mass is 368 g/mol. The number of rotatable bonds is 3. The van der Waals surface area contributed by atoms with Crippen molar-refractivity contribution in [2.75, 3.05) is 6.61 Å². The molecule has 0 aliphatic heterocycles. The van der Waals surface area contributed by atoms with Gasteiger partial charge in [-0.05, 0) is 22.6 Å². The van der Waals surface area contributed by atoms with Crippen molar-refractivity contribution < 1.29 is 40.6 Å². The Balaban J connectivity index is 5.22. The topological polar surface area (TPSA) is 29.5 Å². The molecule has 2 nitrogen and oxygen atoms in total. The number of aliphatic hydroxyl groups excluding tert-OH is 1. The van der Waals surface area contributed by atoms with Crippen LogP contribution < -0.4 is 0 Å². The van der Waals surface area contributed by atoms with Crippen molar-refractivity contribution in [3.05, 3.63) is 9.66 Å². The third-order valence-electron chi connectivity index (χ3n) is 1.14. The molecule has 0 rings (SSSR count). The Morgan fingerprint density at radius 3 is 1.81 bits per heavy atom. The van der Waals surface area contributed by atoms with Crippen LogP contribution in [0.2, 0.25) is 0 Å². The maximum atomic E-state index is 13.0. The SMILES string of the molecule is OC/C(I)=C\[C@](F)(OC(F)(F)F)C(F)(F)F.